The van der Waals surface area contributed by atoms with E-state index >= 15 is 0 Å². The summed E-state index contributed by atoms with van der Waals surface area (Å²) in [6.45, 7) is 0.226. The minimum atomic E-state index is -1.20. The Labute approximate surface area is 84.0 Å². The Bertz CT molecular complexity index is 338. The number of nitrogens with zero attached hydrogens (tertiary/aromatic N) is 2. The third-order valence-corrected chi connectivity index (χ3v) is 2.53. The maximum atomic E-state index is 11.4. The van der Waals surface area contributed by atoms with Crippen LogP contribution in [0.1, 0.15) is 0 Å². The van der Waals surface area contributed by atoms with E-state index in [1.165, 1.54) is 0 Å². The number of hydrogen-bond donors (Lipinski definition) is 3. The number of imide groups is 1. The Kier molecular flexibility index (Phi) is 2.09. The van der Waals surface area contributed by atoms with Crippen LogP contribution in [0.3, 0.4) is 0 Å². The molecule has 2 aliphatic rings. The van der Waals surface area contributed by atoms with Crippen LogP contribution < -0.4 is 5.32 Å². The van der Waals surface area contributed by atoms with Crippen molar-refractivity contribution in [1.29, 1.82) is 0 Å². The SMILES string of the molecule is O=C(O)C1CNCC2C(=O)N(O)C(=O)N12. The lowest BCUT2D eigenvalue weighted by molar-refractivity contribution is -0.149. The number of nitrogens with one attached hydrogen (secondary N) is 1. The number of rotatable bonds is 1. The molecular formula is C7H9N3O5. The lowest BCUT2D eigenvalue weighted by Gasteiger charge is -2.32. The van der Waals surface area contributed by atoms with E-state index in [0.29, 0.717) is 0 Å². The molecule has 0 aromatic heterocycles. The average Bonchev–Trinajstić information content (AvgIpc) is 2.44. The summed E-state index contributed by atoms with van der Waals surface area (Å²) in [5.41, 5.74) is 0. The molecule has 8 heteroatoms. The number of amides is 3. The van der Waals surface area contributed by atoms with Crippen molar-refractivity contribution < 1.29 is 24.7 Å². The molecule has 2 unspecified atom stereocenters. The van der Waals surface area contributed by atoms with Gasteiger partial charge in [-0.25, -0.2) is 9.59 Å². The molecule has 8 nitrogen and oxygen atoms in total. The molecule has 2 atom stereocenters. The second kappa shape index (κ2) is 3.17. The summed E-state index contributed by atoms with van der Waals surface area (Å²) < 4.78 is 0. The zero-order chi connectivity index (χ0) is 11.2. The van der Waals surface area contributed by atoms with Gasteiger partial charge in [-0.1, -0.05) is 0 Å². The summed E-state index contributed by atoms with van der Waals surface area (Å²) in [6.07, 6.45) is 0. The number of hydrogen-bond acceptors (Lipinski definition) is 5. The molecule has 3 N–H and O–H groups in total. The number of aliphatic carboxylic acids is 1. The molecule has 0 aliphatic carbocycles. The molecule has 0 bridgehead atoms. The van der Waals surface area contributed by atoms with E-state index in [2.05, 4.69) is 5.32 Å². The van der Waals surface area contributed by atoms with Crippen LogP contribution in [-0.4, -0.2) is 63.4 Å². The topological polar surface area (TPSA) is 110 Å². The van der Waals surface area contributed by atoms with Crippen LogP contribution in [0.5, 0.6) is 0 Å². The highest BCUT2D eigenvalue weighted by atomic mass is 16.5. The number of piperazine rings is 1. The molecule has 0 saturated carbocycles. The van der Waals surface area contributed by atoms with Crippen LogP contribution in [0.4, 0.5) is 4.79 Å². The van der Waals surface area contributed by atoms with E-state index in [0.717, 1.165) is 4.90 Å². The normalized spacial score (nSPS) is 30.7. The van der Waals surface area contributed by atoms with Gasteiger partial charge in [-0.3, -0.25) is 14.9 Å². The fourth-order valence-corrected chi connectivity index (χ4v) is 1.79. The summed E-state index contributed by atoms with van der Waals surface area (Å²) in [4.78, 5) is 34.4. The molecule has 0 aromatic rings. The standard InChI is InChI=1S/C7H9N3O5/c11-5-3-1-8-2-4(6(12)13)9(3)7(14)10(5)15/h3-4,8,15H,1-2H2,(H,12,13). The van der Waals surface area contributed by atoms with Gasteiger partial charge in [0, 0.05) is 13.1 Å². The third kappa shape index (κ3) is 1.26. The molecule has 15 heavy (non-hydrogen) atoms. The lowest BCUT2D eigenvalue weighted by Crippen LogP contribution is -2.60. The Morgan fingerprint density at radius 1 is 1.40 bits per heavy atom. The summed E-state index contributed by atoms with van der Waals surface area (Å²) in [5.74, 6) is -2.00. The zero-order valence-electron chi connectivity index (χ0n) is 7.58. The van der Waals surface area contributed by atoms with Gasteiger partial charge in [0.2, 0.25) is 0 Å². The van der Waals surface area contributed by atoms with Crippen molar-refractivity contribution in [3.63, 3.8) is 0 Å². The van der Waals surface area contributed by atoms with Gasteiger partial charge >= 0.3 is 12.0 Å². The molecule has 2 heterocycles. The second-order valence-corrected chi connectivity index (χ2v) is 3.37. The van der Waals surface area contributed by atoms with Crippen molar-refractivity contribution in [2.75, 3.05) is 13.1 Å². The molecule has 2 rings (SSSR count). The van der Waals surface area contributed by atoms with Crippen LogP contribution in [0.2, 0.25) is 0 Å². The van der Waals surface area contributed by atoms with E-state index in [1.807, 2.05) is 0 Å². The number of carboxylic acid groups (broad SMARTS) is 1. The van der Waals surface area contributed by atoms with Crippen molar-refractivity contribution in [2.24, 2.45) is 0 Å². The first-order valence-electron chi connectivity index (χ1n) is 4.32. The molecular weight excluding hydrogens is 206 g/mol. The highest BCUT2D eigenvalue weighted by Crippen LogP contribution is 2.21. The fourth-order valence-electron chi connectivity index (χ4n) is 1.79. The Morgan fingerprint density at radius 2 is 2.07 bits per heavy atom. The minimum absolute atomic E-state index is 0.0341. The van der Waals surface area contributed by atoms with Gasteiger partial charge < -0.3 is 10.4 Å². The number of fused-ring (bicyclic) bond motifs is 1. The monoisotopic (exact) mass is 215 g/mol. The van der Waals surface area contributed by atoms with Crippen molar-refractivity contribution in [2.45, 2.75) is 12.1 Å². The smallest absolute Gasteiger partial charge is 0.352 e. The van der Waals surface area contributed by atoms with Crippen molar-refractivity contribution >= 4 is 17.9 Å². The maximum absolute atomic E-state index is 11.4. The summed E-state index contributed by atoms with van der Waals surface area (Å²) in [6, 6.07) is -3.01. The van der Waals surface area contributed by atoms with Crippen LogP contribution in [0, 0.1) is 0 Å². The molecule has 82 valence electrons. The Balaban J connectivity index is 2.32. The number of hydroxylamine groups is 2. The first kappa shape index (κ1) is 9.87. The molecule has 2 fully saturated rings. The molecule has 2 aliphatic heterocycles. The largest absolute Gasteiger partial charge is 0.480 e. The van der Waals surface area contributed by atoms with E-state index in [-0.39, 0.29) is 18.2 Å². The molecule has 0 spiro atoms. The van der Waals surface area contributed by atoms with Gasteiger partial charge in [0.15, 0.2) is 0 Å². The highest BCUT2D eigenvalue weighted by molar-refractivity contribution is 6.04. The van der Waals surface area contributed by atoms with E-state index in [1.54, 1.807) is 0 Å². The maximum Gasteiger partial charge on any atom is 0.352 e. The van der Waals surface area contributed by atoms with Gasteiger partial charge in [-0.2, -0.15) is 0 Å². The predicted octanol–water partition coefficient (Wildman–Crippen LogP) is -1.94. The quantitative estimate of drug-likeness (QED) is 0.347. The second-order valence-electron chi connectivity index (χ2n) is 3.37. The molecule has 2 saturated heterocycles. The first-order chi connectivity index (χ1) is 7.04. The highest BCUT2D eigenvalue weighted by Gasteiger charge is 2.51. The minimum Gasteiger partial charge on any atom is -0.480 e. The van der Waals surface area contributed by atoms with E-state index < -0.39 is 30.0 Å². The lowest BCUT2D eigenvalue weighted by atomic mass is 10.1. The van der Waals surface area contributed by atoms with Gasteiger partial charge in [-0.05, 0) is 0 Å². The van der Waals surface area contributed by atoms with Crippen molar-refractivity contribution in [3.8, 4) is 0 Å². The van der Waals surface area contributed by atoms with Crippen molar-refractivity contribution in [1.82, 2.24) is 15.3 Å². The Hall–Kier alpha value is -1.67. The van der Waals surface area contributed by atoms with Crippen LogP contribution in [0.15, 0.2) is 0 Å². The van der Waals surface area contributed by atoms with Gasteiger partial charge in [0.25, 0.3) is 5.91 Å². The average molecular weight is 215 g/mol. The van der Waals surface area contributed by atoms with Crippen LogP contribution in [0.25, 0.3) is 0 Å². The van der Waals surface area contributed by atoms with Gasteiger partial charge in [0.05, 0.1) is 0 Å². The van der Waals surface area contributed by atoms with Gasteiger partial charge in [-0.15, -0.1) is 5.06 Å². The summed E-state index contributed by atoms with van der Waals surface area (Å²) in [7, 11) is 0. The summed E-state index contributed by atoms with van der Waals surface area (Å²) in [5, 5.41) is 20.6. The van der Waals surface area contributed by atoms with Crippen molar-refractivity contribution in [3.05, 3.63) is 0 Å². The number of carbonyl (C=O) groups is 3. The van der Waals surface area contributed by atoms with Crippen LogP contribution >= 0.6 is 0 Å². The number of carbonyl (C=O) groups excluding carboxylic acids is 2. The van der Waals surface area contributed by atoms with Gasteiger partial charge in [0.1, 0.15) is 12.1 Å². The van der Waals surface area contributed by atoms with E-state index in [9.17, 15) is 14.4 Å². The first-order valence-corrected chi connectivity index (χ1v) is 4.32. The number of carboxylic acids is 1. The number of urea groups is 1. The van der Waals surface area contributed by atoms with Crippen LogP contribution in [-0.2, 0) is 9.59 Å². The molecule has 0 aromatic carbocycles. The summed E-state index contributed by atoms with van der Waals surface area (Å²) >= 11 is 0. The molecule has 0 radical (unpaired) electrons. The molecule has 3 amide bonds. The third-order valence-electron chi connectivity index (χ3n) is 2.53. The Morgan fingerprint density at radius 3 is 2.67 bits per heavy atom. The van der Waals surface area contributed by atoms with E-state index in [4.69, 9.17) is 10.3 Å². The zero-order valence-corrected chi connectivity index (χ0v) is 7.58. The fraction of sp³-hybridized carbons (Fsp3) is 0.571. The predicted molar refractivity (Wildman–Crippen MR) is 43.9 cm³/mol.